The molecule has 1 heterocycles. The number of aliphatic hydroxyl groups is 1. The molecular formula is C62H111N11O12. The highest BCUT2D eigenvalue weighted by Gasteiger charge is 2.45. The molecule has 23 heteroatoms. The van der Waals surface area contributed by atoms with Crippen molar-refractivity contribution in [1.29, 1.82) is 0 Å². The molecule has 0 bridgehead atoms. The Morgan fingerprint density at radius 2 is 0.871 bits per heavy atom. The number of carbonyl (C=O) groups excluding carboxylic acids is 11. The molecule has 1 rings (SSSR count). The Morgan fingerprint density at radius 3 is 1.32 bits per heavy atom. The van der Waals surface area contributed by atoms with Crippen molar-refractivity contribution in [2.45, 2.75) is 223 Å². The predicted octanol–water partition coefficient (Wildman–Crippen LogP) is 3.27. The molecule has 1 saturated heterocycles. The molecule has 1 aliphatic heterocycles. The molecule has 0 spiro atoms. The molecule has 0 aliphatic carbocycles. The van der Waals surface area contributed by atoms with Crippen LogP contribution in [0.1, 0.15) is 156 Å². The van der Waals surface area contributed by atoms with Gasteiger partial charge in [-0.2, -0.15) is 0 Å². The van der Waals surface area contributed by atoms with Gasteiger partial charge < -0.3 is 60.7 Å². The highest BCUT2D eigenvalue weighted by Crippen LogP contribution is 2.26. The predicted molar refractivity (Wildman–Crippen MR) is 328 cm³/mol. The maximum absolute atomic E-state index is 15.1. The normalized spacial score (nSPS) is 26.9. The number of hydrogen-bond donors (Lipinski definition) is 5. The minimum absolute atomic E-state index is 0.0229. The van der Waals surface area contributed by atoms with E-state index < -0.39 is 156 Å². The first-order chi connectivity index (χ1) is 39.2. The molecule has 0 aromatic rings. The summed E-state index contributed by atoms with van der Waals surface area (Å²) in [6, 6.07) is -12.3. The van der Waals surface area contributed by atoms with Crippen LogP contribution in [0.4, 0.5) is 0 Å². The molecule has 5 N–H and O–H groups in total. The van der Waals surface area contributed by atoms with E-state index in [-0.39, 0.29) is 55.8 Å². The Bertz CT molecular complexity index is 2330. The van der Waals surface area contributed by atoms with Crippen LogP contribution >= 0.6 is 0 Å². The summed E-state index contributed by atoms with van der Waals surface area (Å²) in [4.78, 5) is 169. The third-order valence-electron chi connectivity index (χ3n) is 16.1. The van der Waals surface area contributed by atoms with Gasteiger partial charge in [0.1, 0.15) is 60.4 Å². The van der Waals surface area contributed by atoms with E-state index in [2.05, 4.69) is 21.3 Å². The average molecular weight is 1200 g/mol. The Hall–Kier alpha value is -6.13. The van der Waals surface area contributed by atoms with Crippen LogP contribution in [0.25, 0.3) is 0 Å². The van der Waals surface area contributed by atoms with Gasteiger partial charge in [0, 0.05) is 49.3 Å². The molecular weight excluding hydrogens is 1090 g/mol. The van der Waals surface area contributed by atoms with Crippen molar-refractivity contribution in [2.24, 2.45) is 41.4 Å². The molecule has 23 nitrogen and oxygen atoms in total. The van der Waals surface area contributed by atoms with Crippen molar-refractivity contribution in [2.75, 3.05) is 55.9 Å². The number of aliphatic hydroxyl groups excluding tert-OH is 1. The standard InChI is InChI=1S/C62H111N11O12/c1-25-27-28-40(15)52(75)51-56(79)65-43(26-2)58(81)67(18)33-48(74)68(19)44(29-34(3)4)55(78)66-49(38(11)12)61(84)69(20)45(30-35(5)6)54(77)63-41(16)53(76)64-42(17)57(80)70(21)46(31-36(7)8)59(82)71(22)47(32-37(9)10)60(83)72(23)50(39(13)14)62(85)73(51)24/h25,27,34-47,49-52,75H,26,28-33H2,1-24H3,(H,63,77)(H,64,76)(H,65,79)(H,66,78)/t40-,41?,42-,43?,44?,45?,46?,47?,49?,50?,51?,52-/m1/s1. The number of hydrogen-bond acceptors (Lipinski definition) is 12. The highest BCUT2D eigenvalue weighted by atomic mass is 16.3. The molecule has 0 radical (unpaired) electrons. The largest absolute Gasteiger partial charge is 0.390 e. The SMILES string of the molecule is CC=CC[C@@H](C)[C@@H](O)C1C(=O)NC(CC)C(=O)N(C)CC(=O)N(C)C(CC(C)C)C(=O)NC(C(C)C)C(=O)N(C)C(CC(C)C)C(=O)NC(C)C(=O)N[C@H](C)C(=O)N(C)C(CC(C)C)C(=O)N(C)C(CC(C)C)C(=O)N(C)C(C(C)C)C(=O)N1C. The quantitative estimate of drug-likeness (QED) is 0.148. The minimum atomic E-state index is -1.61. The van der Waals surface area contributed by atoms with E-state index in [1.54, 1.807) is 54.5 Å². The number of nitrogens with one attached hydrogen (secondary N) is 4. The van der Waals surface area contributed by atoms with Gasteiger partial charge in [0.25, 0.3) is 0 Å². The van der Waals surface area contributed by atoms with Crippen LogP contribution in [-0.2, 0) is 52.7 Å². The van der Waals surface area contributed by atoms with Crippen LogP contribution in [-0.4, -0.2) is 227 Å². The zero-order valence-electron chi connectivity index (χ0n) is 56.1. The maximum Gasteiger partial charge on any atom is 0.246 e. The van der Waals surface area contributed by atoms with Crippen molar-refractivity contribution in [3.05, 3.63) is 12.2 Å². The fourth-order valence-electron chi connectivity index (χ4n) is 10.7. The molecule has 0 aromatic carbocycles. The summed E-state index contributed by atoms with van der Waals surface area (Å²) < 4.78 is 0. The van der Waals surface area contributed by atoms with Gasteiger partial charge in [0.05, 0.1) is 12.6 Å². The highest BCUT2D eigenvalue weighted by molar-refractivity contribution is 5.99. The third kappa shape index (κ3) is 21.7. The van der Waals surface area contributed by atoms with E-state index in [9.17, 15) is 48.3 Å². The summed E-state index contributed by atoms with van der Waals surface area (Å²) in [7, 11) is 9.92. The second kappa shape index (κ2) is 34.9. The van der Waals surface area contributed by atoms with Gasteiger partial charge in [-0.25, -0.2) is 0 Å². The van der Waals surface area contributed by atoms with Crippen LogP contribution < -0.4 is 21.3 Å². The second-order valence-electron chi connectivity index (χ2n) is 26.1. The van der Waals surface area contributed by atoms with Gasteiger partial charge in [-0.05, 0) is 101 Å². The smallest absolute Gasteiger partial charge is 0.246 e. The van der Waals surface area contributed by atoms with Gasteiger partial charge in [-0.15, -0.1) is 0 Å². The first kappa shape index (κ1) is 76.9. The van der Waals surface area contributed by atoms with Crippen molar-refractivity contribution in [3.63, 3.8) is 0 Å². The number of likely N-dealkylation sites (N-methyl/N-ethyl adjacent to an activating group) is 7. The molecule has 1 fully saturated rings. The summed E-state index contributed by atoms with van der Waals surface area (Å²) in [6.45, 7) is 29.3. The van der Waals surface area contributed by atoms with Crippen LogP contribution in [0.15, 0.2) is 12.2 Å². The molecule has 486 valence electrons. The third-order valence-corrected chi connectivity index (χ3v) is 16.1. The minimum Gasteiger partial charge on any atom is -0.390 e. The molecule has 9 unspecified atom stereocenters. The van der Waals surface area contributed by atoms with Gasteiger partial charge in [-0.3, -0.25) is 52.7 Å². The van der Waals surface area contributed by atoms with Gasteiger partial charge in [0.15, 0.2) is 0 Å². The Labute approximate surface area is 508 Å². The summed E-state index contributed by atoms with van der Waals surface area (Å²) in [6.07, 6.45) is 3.04. The summed E-state index contributed by atoms with van der Waals surface area (Å²) in [5, 5.41) is 23.1. The first-order valence-electron chi connectivity index (χ1n) is 30.6. The van der Waals surface area contributed by atoms with Gasteiger partial charge >= 0.3 is 0 Å². The van der Waals surface area contributed by atoms with Gasteiger partial charge in [-0.1, -0.05) is 109 Å². The van der Waals surface area contributed by atoms with Crippen LogP contribution in [0.3, 0.4) is 0 Å². The first-order valence-corrected chi connectivity index (χ1v) is 30.6. The van der Waals surface area contributed by atoms with Crippen molar-refractivity contribution in [1.82, 2.24) is 55.6 Å². The van der Waals surface area contributed by atoms with Crippen LogP contribution in [0.5, 0.6) is 0 Å². The van der Waals surface area contributed by atoms with Crippen LogP contribution in [0.2, 0.25) is 0 Å². The van der Waals surface area contributed by atoms with E-state index in [0.717, 1.165) is 9.80 Å². The van der Waals surface area contributed by atoms with Crippen molar-refractivity contribution < 1.29 is 57.8 Å². The van der Waals surface area contributed by atoms with E-state index in [1.807, 2.05) is 61.5 Å². The molecule has 1 aliphatic rings. The number of amides is 11. The lowest BCUT2D eigenvalue weighted by Gasteiger charge is -2.41. The number of allylic oxidation sites excluding steroid dienone is 2. The van der Waals surface area contributed by atoms with E-state index in [0.29, 0.717) is 6.42 Å². The fourth-order valence-corrected chi connectivity index (χ4v) is 10.7. The summed E-state index contributed by atoms with van der Waals surface area (Å²) >= 11 is 0. The zero-order chi connectivity index (χ0) is 66.0. The van der Waals surface area contributed by atoms with Gasteiger partial charge in [0.2, 0.25) is 65.0 Å². The van der Waals surface area contributed by atoms with E-state index >= 15 is 9.59 Å². The fraction of sp³-hybridized carbons (Fsp3) is 0.790. The van der Waals surface area contributed by atoms with E-state index in [1.165, 1.54) is 87.7 Å². The molecule has 11 amide bonds. The second-order valence-corrected chi connectivity index (χ2v) is 26.1. The number of carbonyl (C=O) groups is 11. The molecule has 85 heavy (non-hydrogen) atoms. The molecule has 0 saturated carbocycles. The lowest BCUT2D eigenvalue weighted by atomic mass is 9.91. The monoisotopic (exact) mass is 1200 g/mol. The lowest BCUT2D eigenvalue weighted by Crippen LogP contribution is -2.63. The molecule has 0 aromatic heterocycles. The van der Waals surface area contributed by atoms with Crippen molar-refractivity contribution in [3.8, 4) is 0 Å². The zero-order valence-corrected chi connectivity index (χ0v) is 56.1. The Morgan fingerprint density at radius 1 is 0.459 bits per heavy atom. The number of rotatable bonds is 15. The summed E-state index contributed by atoms with van der Waals surface area (Å²) in [5.74, 6) is -9.71. The lowest BCUT2D eigenvalue weighted by molar-refractivity contribution is -0.157. The topological polar surface area (TPSA) is 279 Å². The average Bonchev–Trinajstić information content (AvgIpc) is 3.62. The van der Waals surface area contributed by atoms with E-state index in [4.69, 9.17) is 0 Å². The Kier molecular flexibility index (Phi) is 31.5. The Balaban J connectivity index is 4.32. The summed E-state index contributed by atoms with van der Waals surface area (Å²) in [5.41, 5.74) is 0. The van der Waals surface area contributed by atoms with Crippen LogP contribution in [0, 0.1) is 41.4 Å². The van der Waals surface area contributed by atoms with Crippen molar-refractivity contribution >= 4 is 65.0 Å². The maximum atomic E-state index is 15.1. The number of nitrogens with zero attached hydrogens (tertiary/aromatic N) is 7. The molecule has 12 atom stereocenters.